The normalized spacial score (nSPS) is 16.0. The summed E-state index contributed by atoms with van der Waals surface area (Å²) in [6.45, 7) is 2.96. The summed E-state index contributed by atoms with van der Waals surface area (Å²) in [5, 5.41) is 13.8. The van der Waals surface area contributed by atoms with E-state index in [1.165, 1.54) is 38.2 Å². The fraction of sp³-hybridized carbons (Fsp3) is 0.267. The average molecular weight is 345 g/mol. The van der Waals surface area contributed by atoms with Crippen LogP contribution in [0, 0.1) is 0 Å². The molecule has 0 amide bonds. The molecule has 2 aromatic rings. The first-order chi connectivity index (χ1) is 11.9. The number of anilines is 1. The zero-order valence-electron chi connectivity index (χ0n) is 13.7. The highest BCUT2D eigenvalue weighted by molar-refractivity contribution is 6.15. The first-order valence-electron chi connectivity index (χ1n) is 7.24. The summed E-state index contributed by atoms with van der Waals surface area (Å²) < 4.78 is 16.7. The molecular formula is C15H15N5O5. The molecule has 0 aliphatic carbocycles. The number of carbonyl (C=O) groups is 2. The lowest BCUT2D eigenvalue weighted by Gasteiger charge is -2.29. The molecule has 0 unspecified atom stereocenters. The van der Waals surface area contributed by atoms with Crippen LogP contribution in [0.15, 0.2) is 36.3 Å². The lowest BCUT2D eigenvalue weighted by Crippen LogP contribution is -2.42. The predicted molar refractivity (Wildman–Crippen MR) is 83.7 cm³/mol. The number of aromatic nitrogens is 4. The summed E-state index contributed by atoms with van der Waals surface area (Å²) in [5.74, 6) is -2.28. The molecule has 0 radical (unpaired) electrons. The third-order valence-corrected chi connectivity index (χ3v) is 3.24. The van der Waals surface area contributed by atoms with Gasteiger partial charge in [-0.15, -0.1) is 5.10 Å². The minimum Gasteiger partial charge on any atom is -0.497 e. The number of methoxy groups -OCH3 is 1. The monoisotopic (exact) mass is 345 g/mol. The van der Waals surface area contributed by atoms with E-state index in [4.69, 9.17) is 14.2 Å². The molecule has 0 spiro atoms. The van der Waals surface area contributed by atoms with Gasteiger partial charge < -0.3 is 19.5 Å². The van der Waals surface area contributed by atoms with Crippen LogP contribution in [0.2, 0.25) is 0 Å². The van der Waals surface area contributed by atoms with Gasteiger partial charge in [0.05, 0.1) is 12.8 Å². The molecule has 10 heteroatoms. The molecule has 25 heavy (non-hydrogen) atoms. The number of hydrogen-bond donors (Lipinski definition) is 1. The first kappa shape index (κ1) is 16.4. The Morgan fingerprint density at radius 3 is 2.52 bits per heavy atom. The highest BCUT2D eigenvalue weighted by Crippen LogP contribution is 2.25. The van der Waals surface area contributed by atoms with Gasteiger partial charge in [0, 0.05) is 37.9 Å². The van der Waals surface area contributed by atoms with Crippen molar-refractivity contribution in [2.75, 3.05) is 12.4 Å². The van der Waals surface area contributed by atoms with Gasteiger partial charge in [-0.25, -0.2) is 14.3 Å². The van der Waals surface area contributed by atoms with Gasteiger partial charge in [0.25, 0.3) is 5.79 Å². The van der Waals surface area contributed by atoms with E-state index in [-0.39, 0.29) is 5.57 Å². The number of carbonyl (C=O) groups excluding carboxylic acids is 2. The van der Waals surface area contributed by atoms with Crippen LogP contribution in [0.1, 0.15) is 13.8 Å². The Balaban J connectivity index is 1.87. The summed E-state index contributed by atoms with van der Waals surface area (Å²) >= 11 is 0. The molecule has 0 bridgehead atoms. The Morgan fingerprint density at radius 1 is 1.20 bits per heavy atom. The number of nitrogens with zero attached hydrogens (tertiary/aromatic N) is 4. The van der Waals surface area contributed by atoms with E-state index in [9.17, 15) is 9.59 Å². The van der Waals surface area contributed by atoms with Crippen molar-refractivity contribution in [2.45, 2.75) is 19.6 Å². The van der Waals surface area contributed by atoms with Crippen molar-refractivity contribution >= 4 is 17.6 Å². The fourth-order valence-electron chi connectivity index (χ4n) is 2.13. The zero-order valence-corrected chi connectivity index (χ0v) is 13.7. The number of ether oxygens (including phenoxy) is 3. The molecule has 130 valence electrons. The number of benzene rings is 1. The second-order valence-corrected chi connectivity index (χ2v) is 5.56. The van der Waals surface area contributed by atoms with E-state index >= 15 is 0 Å². The molecule has 3 rings (SSSR count). The maximum atomic E-state index is 11.9. The molecule has 1 saturated heterocycles. The summed E-state index contributed by atoms with van der Waals surface area (Å²) in [6, 6.07) is 5.11. The predicted octanol–water partition coefficient (Wildman–Crippen LogP) is 0.803. The molecule has 10 nitrogen and oxygen atoms in total. The van der Waals surface area contributed by atoms with E-state index in [0.29, 0.717) is 17.1 Å². The van der Waals surface area contributed by atoms with E-state index in [1.54, 1.807) is 18.2 Å². The number of cyclic esters (lactones) is 2. The Labute approximate surface area is 142 Å². The average Bonchev–Trinajstić information content (AvgIpc) is 3.07. The Bertz CT molecular complexity index is 822. The van der Waals surface area contributed by atoms with Gasteiger partial charge in [-0.2, -0.15) is 0 Å². The lowest BCUT2D eigenvalue weighted by molar-refractivity contribution is -0.222. The topological polar surface area (TPSA) is 117 Å². The zero-order chi connectivity index (χ0) is 18.0. The molecule has 1 aliphatic rings. The quantitative estimate of drug-likeness (QED) is 0.488. The molecule has 1 aliphatic heterocycles. The number of rotatable bonds is 4. The molecule has 0 saturated carbocycles. The Morgan fingerprint density at radius 2 is 1.92 bits per heavy atom. The molecule has 1 aromatic heterocycles. The van der Waals surface area contributed by atoms with Crippen molar-refractivity contribution in [1.29, 1.82) is 0 Å². The second-order valence-electron chi connectivity index (χ2n) is 5.56. The fourth-order valence-corrected chi connectivity index (χ4v) is 2.13. The van der Waals surface area contributed by atoms with Crippen LogP contribution in [0.5, 0.6) is 5.75 Å². The SMILES string of the molecule is COc1cc(NC=C2C(=O)OC(C)(C)OC2=O)cc(-n2cnnn2)c1. The van der Waals surface area contributed by atoms with Gasteiger partial charge in [-0.05, 0) is 16.5 Å². The molecule has 1 N–H and O–H groups in total. The van der Waals surface area contributed by atoms with Gasteiger partial charge >= 0.3 is 11.9 Å². The standard InChI is InChI=1S/C15H15N5O5/c1-15(2)24-13(21)12(14(22)25-15)7-16-9-4-10(6-11(5-9)23-3)20-8-17-18-19-20/h4-8,16H,1-3H3. The van der Waals surface area contributed by atoms with Crippen LogP contribution in [-0.2, 0) is 19.1 Å². The van der Waals surface area contributed by atoms with E-state index in [2.05, 4.69) is 20.8 Å². The molecule has 1 aromatic carbocycles. The number of hydrogen-bond acceptors (Lipinski definition) is 9. The highest BCUT2D eigenvalue weighted by atomic mass is 16.7. The van der Waals surface area contributed by atoms with Gasteiger partial charge in [0.2, 0.25) is 0 Å². The van der Waals surface area contributed by atoms with Crippen molar-refractivity contribution in [2.24, 2.45) is 0 Å². The van der Waals surface area contributed by atoms with Gasteiger partial charge in [-0.3, -0.25) is 0 Å². The Hall–Kier alpha value is -3.43. The minimum absolute atomic E-state index is 0.244. The van der Waals surface area contributed by atoms with Crippen molar-refractivity contribution < 1.29 is 23.8 Å². The van der Waals surface area contributed by atoms with Crippen molar-refractivity contribution in [3.05, 3.63) is 36.3 Å². The van der Waals surface area contributed by atoms with Gasteiger partial charge in [-0.1, -0.05) is 0 Å². The van der Waals surface area contributed by atoms with Crippen molar-refractivity contribution in [3.8, 4) is 11.4 Å². The maximum absolute atomic E-state index is 11.9. The lowest BCUT2D eigenvalue weighted by atomic mass is 10.2. The van der Waals surface area contributed by atoms with Crippen molar-refractivity contribution in [3.63, 3.8) is 0 Å². The van der Waals surface area contributed by atoms with E-state index in [1.807, 2.05) is 0 Å². The first-order valence-corrected chi connectivity index (χ1v) is 7.24. The van der Waals surface area contributed by atoms with Gasteiger partial charge in [0.15, 0.2) is 5.57 Å². The van der Waals surface area contributed by atoms with Crippen LogP contribution in [0.25, 0.3) is 5.69 Å². The maximum Gasteiger partial charge on any atom is 0.350 e. The van der Waals surface area contributed by atoms with Crippen molar-refractivity contribution in [1.82, 2.24) is 20.2 Å². The van der Waals surface area contributed by atoms with Gasteiger partial charge in [0.1, 0.15) is 12.1 Å². The van der Waals surface area contributed by atoms with Crippen LogP contribution < -0.4 is 10.1 Å². The van der Waals surface area contributed by atoms with Crippen LogP contribution in [0.4, 0.5) is 5.69 Å². The minimum atomic E-state index is -1.28. The highest BCUT2D eigenvalue weighted by Gasteiger charge is 2.38. The number of nitrogens with one attached hydrogen (secondary N) is 1. The summed E-state index contributed by atoms with van der Waals surface area (Å²) in [7, 11) is 1.51. The largest absolute Gasteiger partial charge is 0.497 e. The molecular weight excluding hydrogens is 330 g/mol. The van der Waals surface area contributed by atoms with Crippen LogP contribution in [-0.4, -0.2) is 45.0 Å². The molecule has 2 heterocycles. The van der Waals surface area contributed by atoms with Crippen LogP contribution in [0.3, 0.4) is 0 Å². The molecule has 0 atom stereocenters. The number of esters is 2. The molecule has 1 fully saturated rings. The van der Waals surface area contributed by atoms with E-state index in [0.717, 1.165) is 0 Å². The number of tetrazole rings is 1. The summed E-state index contributed by atoms with van der Waals surface area (Å²) in [5.41, 5.74) is 0.925. The third-order valence-electron chi connectivity index (χ3n) is 3.24. The summed E-state index contributed by atoms with van der Waals surface area (Å²) in [6.07, 6.45) is 2.65. The second kappa shape index (κ2) is 6.23. The third kappa shape index (κ3) is 3.57. The van der Waals surface area contributed by atoms with Crippen LogP contribution >= 0.6 is 0 Å². The summed E-state index contributed by atoms with van der Waals surface area (Å²) in [4.78, 5) is 23.9. The smallest absolute Gasteiger partial charge is 0.350 e. The van der Waals surface area contributed by atoms with E-state index < -0.39 is 17.7 Å². The Kier molecular flexibility index (Phi) is 4.09.